The Balaban J connectivity index is 1.78. The van der Waals surface area contributed by atoms with Crippen molar-refractivity contribution in [2.75, 3.05) is 10.6 Å². The lowest BCUT2D eigenvalue weighted by molar-refractivity contribution is -0.140. The number of rotatable bonds is 19. The number of aryl methyl sites for hydroxylation is 2. The van der Waals surface area contributed by atoms with Crippen LogP contribution in [-0.2, 0) is 27.2 Å². The van der Waals surface area contributed by atoms with E-state index in [4.69, 9.17) is 21.1 Å². The molecule has 0 aromatic heterocycles. The average molecular weight is 707 g/mol. The highest BCUT2D eigenvalue weighted by Crippen LogP contribution is 2.29. The van der Waals surface area contributed by atoms with Gasteiger partial charge in [-0.2, -0.15) is 0 Å². The highest BCUT2D eigenvalue weighted by molar-refractivity contribution is 6.34. The molecule has 0 bridgehead atoms. The second kappa shape index (κ2) is 19.1. The van der Waals surface area contributed by atoms with E-state index in [9.17, 15) is 24.3 Å². The van der Waals surface area contributed by atoms with E-state index >= 15 is 0 Å². The van der Waals surface area contributed by atoms with Gasteiger partial charge >= 0.3 is 5.97 Å². The largest absolute Gasteiger partial charge is 0.480 e. The molecule has 270 valence electrons. The van der Waals surface area contributed by atoms with Crippen molar-refractivity contribution in [2.45, 2.75) is 112 Å². The lowest BCUT2D eigenvalue weighted by Crippen LogP contribution is -2.45. The molecule has 50 heavy (non-hydrogen) atoms. The molecular weight excluding hydrogens is 656 g/mol. The molecule has 9 nitrogen and oxygen atoms in total. The van der Waals surface area contributed by atoms with Crippen LogP contribution in [0.1, 0.15) is 108 Å². The normalized spacial score (nSPS) is 12.5. The van der Waals surface area contributed by atoms with Gasteiger partial charge in [-0.05, 0) is 91.8 Å². The molecule has 2 atom stereocenters. The van der Waals surface area contributed by atoms with E-state index in [1.165, 1.54) is 48.4 Å². The van der Waals surface area contributed by atoms with Gasteiger partial charge in [0, 0.05) is 11.1 Å². The number of unbranched alkanes of at least 4 members (excludes halogenated alkanes) is 4. The molecule has 0 heterocycles. The van der Waals surface area contributed by atoms with Crippen LogP contribution in [0.5, 0.6) is 11.5 Å². The highest BCUT2D eigenvalue weighted by Gasteiger charge is 2.37. The minimum absolute atomic E-state index is 0.0324. The maximum absolute atomic E-state index is 13.5. The number of nitrogens with one attached hydrogen (secondary N) is 2. The Bertz CT molecular complexity index is 1610. The molecular formula is C40H51ClN2O7. The third kappa shape index (κ3) is 11.9. The number of ketones is 1. The summed E-state index contributed by atoms with van der Waals surface area (Å²) in [6, 6.07) is 16.3. The van der Waals surface area contributed by atoms with Gasteiger partial charge in [-0.25, -0.2) is 4.79 Å². The summed E-state index contributed by atoms with van der Waals surface area (Å²) >= 11 is 6.44. The number of ether oxygens (including phenoxy) is 2. The summed E-state index contributed by atoms with van der Waals surface area (Å²) in [5.74, 6) is -1.89. The Labute approximate surface area is 301 Å². The lowest BCUT2D eigenvalue weighted by Gasteiger charge is -2.25. The van der Waals surface area contributed by atoms with Crippen LogP contribution in [0.2, 0.25) is 5.02 Å². The third-order valence-corrected chi connectivity index (χ3v) is 8.57. The summed E-state index contributed by atoms with van der Waals surface area (Å²) in [6.45, 7) is 11.2. The van der Waals surface area contributed by atoms with Gasteiger partial charge in [0.05, 0.1) is 16.3 Å². The Morgan fingerprint density at radius 2 is 1.44 bits per heavy atom. The maximum atomic E-state index is 13.5. The molecule has 0 aliphatic carbocycles. The standard InChI is InChI=1S/C40H51ClN2O7/c1-7-10-12-14-26-16-23-34(28(24-26)15-13-11-8-2)50-33(9-3)37(45)42-29-19-22-31(41)32(25-29)43-38(46)35(36(44)40(4,5)6)49-30-20-17-27(18-21-30)39(47)48/h16-25,33,35H,7-15H2,1-6H3,(H,42,45)(H,43,46)(H,47,48). The van der Waals surface area contributed by atoms with Crippen molar-refractivity contribution >= 4 is 46.5 Å². The fraction of sp³-hybridized carbons (Fsp3) is 0.450. The number of halogens is 1. The average Bonchev–Trinajstić information content (AvgIpc) is 3.07. The summed E-state index contributed by atoms with van der Waals surface area (Å²) in [4.78, 5) is 51.6. The zero-order chi connectivity index (χ0) is 36.8. The molecule has 10 heteroatoms. The van der Waals surface area contributed by atoms with Crippen LogP contribution in [-0.4, -0.2) is 40.9 Å². The van der Waals surface area contributed by atoms with Gasteiger partial charge in [-0.3, -0.25) is 14.4 Å². The first kappa shape index (κ1) is 40.1. The molecule has 0 saturated carbocycles. The molecule has 3 N–H and O–H groups in total. The van der Waals surface area contributed by atoms with Crippen LogP contribution < -0.4 is 20.1 Å². The van der Waals surface area contributed by atoms with E-state index < -0.39 is 35.3 Å². The number of carboxylic acids is 1. The van der Waals surface area contributed by atoms with Gasteiger partial charge in [0.25, 0.3) is 11.8 Å². The van der Waals surface area contributed by atoms with Crippen molar-refractivity contribution in [1.82, 2.24) is 0 Å². The predicted molar refractivity (Wildman–Crippen MR) is 199 cm³/mol. The second-order valence-electron chi connectivity index (χ2n) is 13.5. The summed E-state index contributed by atoms with van der Waals surface area (Å²) < 4.78 is 12.1. The highest BCUT2D eigenvalue weighted by atomic mass is 35.5. The smallest absolute Gasteiger partial charge is 0.335 e. The molecule has 0 fully saturated rings. The van der Waals surface area contributed by atoms with E-state index in [2.05, 4.69) is 36.6 Å². The minimum Gasteiger partial charge on any atom is -0.480 e. The predicted octanol–water partition coefficient (Wildman–Crippen LogP) is 9.30. The Morgan fingerprint density at radius 3 is 2.04 bits per heavy atom. The van der Waals surface area contributed by atoms with Crippen molar-refractivity contribution < 1.29 is 33.8 Å². The fourth-order valence-electron chi connectivity index (χ4n) is 5.27. The molecule has 2 amide bonds. The number of Topliss-reactive ketones (excluding diaryl/α,β-unsaturated/α-hetero) is 1. The molecule has 0 aliphatic rings. The summed E-state index contributed by atoms with van der Waals surface area (Å²) in [7, 11) is 0. The quantitative estimate of drug-likeness (QED) is 0.0836. The second-order valence-corrected chi connectivity index (χ2v) is 13.9. The van der Waals surface area contributed by atoms with Crippen molar-refractivity contribution in [3.63, 3.8) is 0 Å². The SMILES string of the molecule is CCCCCc1ccc(OC(CC)C(=O)Nc2ccc(Cl)c(NC(=O)C(Oc3ccc(C(=O)O)cc3)C(=O)C(C)(C)C)c2)c(CCCCC)c1. The molecule has 0 aliphatic heterocycles. The van der Waals surface area contributed by atoms with Gasteiger partial charge in [0.15, 0.2) is 11.9 Å². The van der Waals surface area contributed by atoms with Crippen molar-refractivity contribution in [1.29, 1.82) is 0 Å². The lowest BCUT2D eigenvalue weighted by atomic mass is 9.87. The number of amides is 2. The van der Waals surface area contributed by atoms with Crippen LogP contribution in [0.4, 0.5) is 11.4 Å². The van der Waals surface area contributed by atoms with E-state index in [0.717, 1.165) is 50.5 Å². The molecule has 3 aromatic carbocycles. The topological polar surface area (TPSA) is 131 Å². The third-order valence-electron chi connectivity index (χ3n) is 8.24. The number of benzene rings is 3. The number of carbonyl (C=O) groups is 4. The van der Waals surface area contributed by atoms with Gasteiger partial charge in [-0.1, -0.05) is 91.0 Å². The Morgan fingerprint density at radius 1 is 0.780 bits per heavy atom. The van der Waals surface area contributed by atoms with E-state index in [-0.39, 0.29) is 27.9 Å². The summed E-state index contributed by atoms with van der Waals surface area (Å²) in [5, 5.41) is 14.9. The summed E-state index contributed by atoms with van der Waals surface area (Å²) in [5.41, 5.74) is 2.01. The number of aromatic carboxylic acids is 1. The van der Waals surface area contributed by atoms with Gasteiger partial charge in [0.2, 0.25) is 6.10 Å². The van der Waals surface area contributed by atoms with Gasteiger partial charge < -0.3 is 25.2 Å². The van der Waals surface area contributed by atoms with Gasteiger partial charge in [-0.15, -0.1) is 0 Å². The zero-order valence-corrected chi connectivity index (χ0v) is 30.8. The van der Waals surface area contributed by atoms with Crippen molar-refractivity contribution in [3.05, 3.63) is 82.4 Å². The molecule has 0 radical (unpaired) electrons. The summed E-state index contributed by atoms with van der Waals surface area (Å²) in [6.07, 6.45) is 6.73. The van der Waals surface area contributed by atoms with E-state index in [1.807, 2.05) is 13.0 Å². The number of hydrogen-bond donors (Lipinski definition) is 3. The number of hydrogen-bond acceptors (Lipinski definition) is 6. The zero-order valence-electron chi connectivity index (χ0n) is 30.1. The van der Waals surface area contributed by atoms with Crippen LogP contribution in [0.3, 0.4) is 0 Å². The van der Waals surface area contributed by atoms with Gasteiger partial charge in [0.1, 0.15) is 11.5 Å². The monoisotopic (exact) mass is 706 g/mol. The molecule has 2 unspecified atom stereocenters. The number of anilines is 2. The van der Waals surface area contributed by atoms with Crippen molar-refractivity contribution in [2.24, 2.45) is 5.41 Å². The first-order valence-corrected chi connectivity index (χ1v) is 17.9. The number of carboxylic acid groups (broad SMARTS) is 1. The fourth-order valence-corrected chi connectivity index (χ4v) is 5.43. The Hall–Kier alpha value is -4.37. The van der Waals surface area contributed by atoms with Crippen LogP contribution in [0, 0.1) is 5.41 Å². The molecule has 0 spiro atoms. The van der Waals surface area contributed by atoms with E-state index in [1.54, 1.807) is 26.8 Å². The number of carbonyl (C=O) groups excluding carboxylic acids is 3. The van der Waals surface area contributed by atoms with E-state index in [0.29, 0.717) is 17.9 Å². The maximum Gasteiger partial charge on any atom is 0.335 e. The first-order chi connectivity index (χ1) is 23.8. The minimum atomic E-state index is -1.57. The Kier molecular flexibility index (Phi) is 15.3. The van der Waals surface area contributed by atoms with Crippen LogP contribution in [0.25, 0.3) is 0 Å². The molecule has 3 aromatic rings. The molecule has 0 saturated heterocycles. The van der Waals surface area contributed by atoms with Crippen molar-refractivity contribution in [3.8, 4) is 11.5 Å². The molecule has 3 rings (SSSR count). The van der Waals surface area contributed by atoms with Crippen LogP contribution in [0.15, 0.2) is 60.7 Å². The van der Waals surface area contributed by atoms with Crippen LogP contribution >= 0.6 is 11.6 Å². The first-order valence-electron chi connectivity index (χ1n) is 17.5.